The average Bonchev–Trinajstić information content (AvgIpc) is 2.62. The lowest BCUT2D eigenvalue weighted by molar-refractivity contribution is -0.116. The Kier molecular flexibility index (Phi) is 27.9. The summed E-state index contributed by atoms with van der Waals surface area (Å²) in [6, 6.07) is 0. The van der Waals surface area contributed by atoms with Gasteiger partial charge in [0, 0.05) is 6.42 Å². The van der Waals surface area contributed by atoms with Gasteiger partial charge in [0.05, 0.1) is 0 Å². The smallest absolute Gasteiger partial charge is 0.129 e. The number of carbonyl (C=O) groups is 1. The minimum Gasteiger partial charge on any atom is -0.300 e. The Labute approximate surface area is 160 Å². The van der Waals surface area contributed by atoms with E-state index in [0.29, 0.717) is 6.42 Å². The molecule has 0 saturated carbocycles. The lowest BCUT2D eigenvalue weighted by atomic mass is 10.0. The molecule has 1 heteroatoms. The largest absolute Gasteiger partial charge is 0.300 e. The fraction of sp³-hybridized carbons (Fsp3) is 0.958. The normalized spacial score (nSPS) is 10.4. The molecule has 0 N–H and O–H groups in total. The molecule has 25 heavy (non-hydrogen) atoms. The van der Waals surface area contributed by atoms with Gasteiger partial charge >= 0.3 is 0 Å². The summed E-state index contributed by atoms with van der Waals surface area (Å²) in [6.07, 6.45) is 27.1. The van der Waals surface area contributed by atoms with Gasteiger partial charge in [-0.05, 0) is 6.92 Å². The van der Waals surface area contributed by atoms with Gasteiger partial charge in [0.25, 0.3) is 0 Å². The Bertz CT molecular complexity index is 216. The number of ketones is 1. The maximum atomic E-state index is 9.81. The van der Waals surface area contributed by atoms with Crippen molar-refractivity contribution in [2.24, 2.45) is 0 Å². The number of carbonyl (C=O) groups excluding carboxylic acids is 1. The van der Waals surface area contributed by atoms with E-state index in [1.54, 1.807) is 6.92 Å². The molecule has 0 amide bonds. The average molecular weight is 355 g/mol. The second kappa shape index (κ2) is 25.9. The van der Waals surface area contributed by atoms with E-state index in [9.17, 15) is 4.79 Å². The van der Waals surface area contributed by atoms with Crippen LogP contribution < -0.4 is 0 Å². The molecule has 0 aromatic carbocycles. The first-order valence-electron chi connectivity index (χ1n) is 11.7. The van der Waals surface area contributed by atoms with Gasteiger partial charge in [-0.25, -0.2) is 0 Å². The van der Waals surface area contributed by atoms with Gasteiger partial charge in [0.1, 0.15) is 5.78 Å². The Morgan fingerprint density at radius 2 is 0.600 bits per heavy atom. The molecular weight excluding hydrogens is 304 g/mol. The molecule has 0 bridgehead atoms. The summed E-state index contributed by atoms with van der Waals surface area (Å²) in [4.78, 5) is 9.81. The third-order valence-electron chi connectivity index (χ3n) is 4.95. The van der Waals surface area contributed by atoms with Crippen LogP contribution >= 0.6 is 0 Å². The molecule has 0 atom stereocenters. The fourth-order valence-electron chi connectivity index (χ4n) is 2.97. The van der Waals surface area contributed by atoms with Crippen molar-refractivity contribution in [2.75, 3.05) is 0 Å². The van der Waals surface area contributed by atoms with Crippen LogP contribution in [0.2, 0.25) is 0 Å². The first-order chi connectivity index (χ1) is 12.2. The maximum absolute atomic E-state index is 9.81. The Balaban J connectivity index is 0. The van der Waals surface area contributed by atoms with E-state index in [1.165, 1.54) is 116 Å². The summed E-state index contributed by atoms with van der Waals surface area (Å²) >= 11 is 0. The summed E-state index contributed by atoms with van der Waals surface area (Å²) in [5.74, 6) is 0.255. The van der Waals surface area contributed by atoms with Gasteiger partial charge in [-0.3, -0.25) is 0 Å². The summed E-state index contributed by atoms with van der Waals surface area (Å²) in [7, 11) is 0. The lowest BCUT2D eigenvalue weighted by Crippen LogP contribution is -1.83. The monoisotopic (exact) mass is 354 g/mol. The highest BCUT2D eigenvalue weighted by Gasteiger charge is 1.94. The number of unbranched alkanes of at least 4 members (excludes halogenated alkanes) is 17. The second-order valence-electron chi connectivity index (χ2n) is 7.71. The molecule has 0 aliphatic heterocycles. The topological polar surface area (TPSA) is 17.1 Å². The van der Waals surface area contributed by atoms with Crippen molar-refractivity contribution in [2.45, 2.75) is 150 Å². The molecular formula is C24H50O. The third-order valence-corrected chi connectivity index (χ3v) is 4.95. The SMILES string of the molecule is CCC(C)=O.CCCCCCCCCCCCCCCCCCCC. The first-order valence-corrected chi connectivity index (χ1v) is 11.7. The van der Waals surface area contributed by atoms with Crippen LogP contribution in [0.4, 0.5) is 0 Å². The number of hydrogen-bond acceptors (Lipinski definition) is 1. The third kappa shape index (κ3) is 31.9. The van der Waals surface area contributed by atoms with Crippen LogP contribution in [-0.2, 0) is 4.79 Å². The van der Waals surface area contributed by atoms with Crippen molar-refractivity contribution in [3.8, 4) is 0 Å². The molecule has 0 aromatic heterocycles. The van der Waals surface area contributed by atoms with E-state index in [0.717, 1.165) is 0 Å². The van der Waals surface area contributed by atoms with Crippen LogP contribution in [-0.4, -0.2) is 5.78 Å². The number of Topliss-reactive ketones (excluding diaryl/α,β-unsaturated/α-hetero) is 1. The summed E-state index contributed by atoms with van der Waals surface area (Å²) in [5.41, 5.74) is 0. The first kappa shape index (κ1) is 26.9. The summed E-state index contributed by atoms with van der Waals surface area (Å²) in [5, 5.41) is 0. The van der Waals surface area contributed by atoms with Gasteiger partial charge in [-0.15, -0.1) is 0 Å². The summed E-state index contributed by atoms with van der Waals surface area (Å²) < 4.78 is 0. The zero-order valence-corrected chi connectivity index (χ0v) is 18.3. The standard InChI is InChI=1S/C20H42.C4H8O/c1-3-5-7-9-11-13-15-17-19-20-18-16-14-12-10-8-6-4-2;1-3-4(2)5/h3-20H2,1-2H3;3H2,1-2H3. The maximum Gasteiger partial charge on any atom is 0.129 e. The van der Waals surface area contributed by atoms with Gasteiger partial charge in [0.15, 0.2) is 0 Å². The molecule has 152 valence electrons. The van der Waals surface area contributed by atoms with E-state index in [2.05, 4.69) is 13.8 Å². The van der Waals surface area contributed by atoms with Gasteiger partial charge < -0.3 is 4.79 Å². The van der Waals surface area contributed by atoms with Crippen LogP contribution in [0.25, 0.3) is 0 Å². The molecule has 0 aromatic rings. The van der Waals surface area contributed by atoms with E-state index in [4.69, 9.17) is 0 Å². The van der Waals surface area contributed by atoms with Gasteiger partial charge in [-0.1, -0.05) is 136 Å². The van der Waals surface area contributed by atoms with E-state index in [-0.39, 0.29) is 5.78 Å². The Morgan fingerprint density at radius 1 is 0.440 bits per heavy atom. The van der Waals surface area contributed by atoms with Crippen molar-refractivity contribution in [1.82, 2.24) is 0 Å². The van der Waals surface area contributed by atoms with Crippen LogP contribution in [0.3, 0.4) is 0 Å². The van der Waals surface area contributed by atoms with Crippen LogP contribution in [0.5, 0.6) is 0 Å². The van der Waals surface area contributed by atoms with Crippen molar-refractivity contribution >= 4 is 5.78 Å². The predicted molar refractivity (Wildman–Crippen MR) is 115 cm³/mol. The summed E-state index contributed by atoms with van der Waals surface area (Å²) in [6.45, 7) is 8.03. The van der Waals surface area contributed by atoms with Crippen molar-refractivity contribution in [3.63, 3.8) is 0 Å². The van der Waals surface area contributed by atoms with Gasteiger partial charge in [-0.2, -0.15) is 0 Å². The quantitative estimate of drug-likeness (QED) is 0.224. The molecule has 0 aliphatic carbocycles. The number of rotatable bonds is 18. The Hall–Kier alpha value is -0.330. The zero-order valence-electron chi connectivity index (χ0n) is 18.3. The molecule has 1 nitrogen and oxygen atoms in total. The lowest BCUT2D eigenvalue weighted by Gasteiger charge is -2.03. The molecule has 0 fully saturated rings. The molecule has 0 rings (SSSR count). The van der Waals surface area contributed by atoms with Crippen LogP contribution in [0, 0.1) is 0 Å². The molecule has 0 aliphatic rings. The van der Waals surface area contributed by atoms with Gasteiger partial charge in [0.2, 0.25) is 0 Å². The minimum absolute atomic E-state index is 0.255. The Morgan fingerprint density at radius 3 is 0.720 bits per heavy atom. The molecule has 0 radical (unpaired) electrons. The minimum atomic E-state index is 0.255. The van der Waals surface area contributed by atoms with Crippen molar-refractivity contribution in [1.29, 1.82) is 0 Å². The van der Waals surface area contributed by atoms with E-state index < -0.39 is 0 Å². The van der Waals surface area contributed by atoms with Crippen LogP contribution in [0.1, 0.15) is 150 Å². The second-order valence-corrected chi connectivity index (χ2v) is 7.71. The molecule has 0 saturated heterocycles. The molecule has 0 unspecified atom stereocenters. The van der Waals surface area contributed by atoms with E-state index >= 15 is 0 Å². The molecule has 0 spiro atoms. The van der Waals surface area contributed by atoms with Crippen molar-refractivity contribution < 1.29 is 4.79 Å². The highest BCUT2D eigenvalue weighted by Crippen LogP contribution is 2.14. The fourth-order valence-corrected chi connectivity index (χ4v) is 2.97. The molecule has 0 heterocycles. The highest BCUT2D eigenvalue weighted by molar-refractivity contribution is 5.74. The van der Waals surface area contributed by atoms with E-state index in [1.807, 2.05) is 6.92 Å². The number of hydrogen-bond donors (Lipinski definition) is 0. The van der Waals surface area contributed by atoms with Crippen molar-refractivity contribution in [3.05, 3.63) is 0 Å². The highest BCUT2D eigenvalue weighted by atomic mass is 16.1. The predicted octanol–water partition coefficient (Wildman–Crippen LogP) is 9.03. The van der Waals surface area contributed by atoms with Crippen LogP contribution in [0.15, 0.2) is 0 Å². The zero-order chi connectivity index (χ0) is 19.0.